The fourth-order valence-electron chi connectivity index (χ4n) is 4.00. The molecule has 186 valence electrons. The fraction of sp³-hybridized carbons (Fsp3) is 0.214. The molecule has 0 atom stereocenters. The number of amides is 1. The number of benzene rings is 2. The Bertz CT molecular complexity index is 1360. The molecule has 0 radical (unpaired) electrons. The molecule has 2 heterocycles. The van der Waals surface area contributed by atoms with Gasteiger partial charge in [-0.15, -0.1) is 0 Å². The molecule has 0 aliphatic heterocycles. The van der Waals surface area contributed by atoms with Crippen LogP contribution in [0.25, 0.3) is 5.69 Å². The Hall–Kier alpha value is -4.46. The van der Waals surface area contributed by atoms with E-state index in [1.807, 2.05) is 37.3 Å². The Morgan fingerprint density at radius 3 is 2.33 bits per heavy atom. The van der Waals surface area contributed by atoms with Crippen molar-refractivity contribution in [3.05, 3.63) is 94.7 Å². The van der Waals surface area contributed by atoms with Crippen molar-refractivity contribution in [2.24, 2.45) is 5.10 Å². The second-order valence-corrected chi connectivity index (χ2v) is 8.21. The van der Waals surface area contributed by atoms with Crippen LogP contribution in [0.1, 0.15) is 38.8 Å². The van der Waals surface area contributed by atoms with Gasteiger partial charge in [-0.05, 0) is 81.4 Å². The van der Waals surface area contributed by atoms with E-state index in [1.54, 1.807) is 32.4 Å². The average Bonchev–Trinajstić information content (AvgIpc) is 3.49. The van der Waals surface area contributed by atoms with Gasteiger partial charge in [-0.2, -0.15) is 5.10 Å². The van der Waals surface area contributed by atoms with Crippen LogP contribution in [0.5, 0.6) is 17.2 Å². The number of rotatable bonds is 9. The van der Waals surface area contributed by atoms with Crippen LogP contribution in [0, 0.1) is 20.8 Å². The molecular formula is C28H29N3O5. The summed E-state index contributed by atoms with van der Waals surface area (Å²) in [4.78, 5) is 12.4. The first-order valence-electron chi connectivity index (χ1n) is 11.4. The molecule has 36 heavy (non-hydrogen) atoms. The summed E-state index contributed by atoms with van der Waals surface area (Å²) in [6.07, 6.45) is 1.51. The van der Waals surface area contributed by atoms with E-state index in [1.165, 1.54) is 17.6 Å². The molecule has 8 heteroatoms. The zero-order chi connectivity index (χ0) is 25.7. The molecule has 0 spiro atoms. The molecule has 1 N–H and O–H groups in total. The van der Waals surface area contributed by atoms with E-state index in [2.05, 4.69) is 41.1 Å². The summed E-state index contributed by atoms with van der Waals surface area (Å²) in [6, 6.07) is 18.9. The minimum atomic E-state index is -0.469. The highest BCUT2D eigenvalue weighted by molar-refractivity contribution is 5.93. The number of hydrogen-bond donors (Lipinski definition) is 1. The Morgan fingerprint density at radius 2 is 1.67 bits per heavy atom. The average molecular weight is 488 g/mol. The number of furan rings is 1. The molecule has 0 aliphatic rings. The molecule has 1 amide bonds. The van der Waals surface area contributed by atoms with Crippen molar-refractivity contribution in [2.75, 3.05) is 14.2 Å². The summed E-state index contributed by atoms with van der Waals surface area (Å²) in [6.45, 7) is 6.23. The highest BCUT2D eigenvalue weighted by atomic mass is 16.5. The second kappa shape index (κ2) is 10.9. The molecule has 0 aliphatic carbocycles. The second-order valence-electron chi connectivity index (χ2n) is 8.21. The first kappa shape index (κ1) is 24.7. The number of carbonyl (C=O) groups excluding carboxylic acids is 1. The van der Waals surface area contributed by atoms with Crippen LogP contribution in [0.4, 0.5) is 0 Å². The maximum Gasteiger partial charge on any atom is 0.307 e. The van der Waals surface area contributed by atoms with E-state index >= 15 is 0 Å². The minimum Gasteiger partial charge on any atom is -0.496 e. The molecule has 0 saturated carbocycles. The summed E-state index contributed by atoms with van der Waals surface area (Å²) in [5.74, 6) is 2.23. The van der Waals surface area contributed by atoms with Gasteiger partial charge in [-0.1, -0.05) is 0 Å². The standard InChI is InChI=1S/C28H29N3O5/c1-18-6-7-19(2)31(18)22-9-11-23(12-10-22)35-17-24-13-15-26(36-24)28(32)30-29-16-21-8-14-25(33-4)20(3)27(21)34-5/h6-16H,17H2,1-5H3,(H,30,32). The number of carbonyl (C=O) groups is 1. The van der Waals surface area contributed by atoms with Crippen molar-refractivity contribution in [1.29, 1.82) is 0 Å². The van der Waals surface area contributed by atoms with E-state index in [0.29, 0.717) is 28.6 Å². The Kier molecular flexibility index (Phi) is 7.44. The molecule has 0 fully saturated rings. The SMILES string of the molecule is COc1ccc(C=NNC(=O)c2ccc(COc3ccc(-n4c(C)ccc4C)cc3)o2)c(OC)c1C. The Morgan fingerprint density at radius 1 is 0.944 bits per heavy atom. The van der Waals surface area contributed by atoms with Gasteiger partial charge in [0.15, 0.2) is 5.76 Å². The van der Waals surface area contributed by atoms with E-state index in [9.17, 15) is 4.79 Å². The predicted octanol–water partition coefficient (Wildman–Crippen LogP) is 5.36. The number of methoxy groups -OCH3 is 2. The first-order chi connectivity index (χ1) is 17.4. The predicted molar refractivity (Wildman–Crippen MR) is 138 cm³/mol. The van der Waals surface area contributed by atoms with Crippen molar-refractivity contribution < 1.29 is 23.4 Å². The Labute approximate surface area is 210 Å². The lowest BCUT2D eigenvalue weighted by atomic mass is 10.1. The number of hydrogen-bond acceptors (Lipinski definition) is 6. The molecule has 8 nitrogen and oxygen atoms in total. The lowest BCUT2D eigenvalue weighted by molar-refractivity contribution is 0.0923. The van der Waals surface area contributed by atoms with E-state index in [-0.39, 0.29) is 12.4 Å². The molecule has 0 unspecified atom stereocenters. The van der Waals surface area contributed by atoms with Crippen LogP contribution in [0.15, 0.2) is 70.2 Å². The normalized spacial score (nSPS) is 11.0. The quantitative estimate of drug-likeness (QED) is 0.254. The highest BCUT2D eigenvalue weighted by Gasteiger charge is 2.13. The van der Waals surface area contributed by atoms with Crippen molar-refractivity contribution in [1.82, 2.24) is 9.99 Å². The lowest BCUT2D eigenvalue weighted by Gasteiger charge is -2.11. The van der Waals surface area contributed by atoms with Gasteiger partial charge in [0.1, 0.15) is 29.6 Å². The topological polar surface area (TPSA) is 87.2 Å². The molecule has 2 aromatic carbocycles. The number of hydrazone groups is 1. The maximum atomic E-state index is 12.4. The van der Waals surface area contributed by atoms with E-state index < -0.39 is 5.91 Å². The van der Waals surface area contributed by atoms with Crippen LogP contribution in [-0.2, 0) is 6.61 Å². The zero-order valence-corrected chi connectivity index (χ0v) is 21.0. The minimum absolute atomic E-state index is 0.137. The smallest absolute Gasteiger partial charge is 0.307 e. The summed E-state index contributed by atoms with van der Waals surface area (Å²) in [5, 5.41) is 4.03. The highest BCUT2D eigenvalue weighted by Crippen LogP contribution is 2.30. The monoisotopic (exact) mass is 487 g/mol. The fourth-order valence-corrected chi connectivity index (χ4v) is 4.00. The van der Waals surface area contributed by atoms with Gasteiger partial charge in [-0.25, -0.2) is 5.43 Å². The maximum absolute atomic E-state index is 12.4. The van der Waals surface area contributed by atoms with Gasteiger partial charge in [-0.3, -0.25) is 4.79 Å². The Balaban J connectivity index is 1.33. The third-order valence-corrected chi connectivity index (χ3v) is 5.81. The van der Waals surface area contributed by atoms with Crippen molar-refractivity contribution in [3.63, 3.8) is 0 Å². The van der Waals surface area contributed by atoms with Crippen molar-refractivity contribution in [3.8, 4) is 22.9 Å². The van der Waals surface area contributed by atoms with E-state index in [0.717, 1.165) is 11.3 Å². The van der Waals surface area contributed by atoms with Crippen LogP contribution >= 0.6 is 0 Å². The summed E-state index contributed by atoms with van der Waals surface area (Å²) in [5.41, 5.74) is 7.43. The number of aryl methyl sites for hydroxylation is 2. The zero-order valence-electron chi connectivity index (χ0n) is 21.0. The molecule has 4 aromatic rings. The van der Waals surface area contributed by atoms with E-state index in [4.69, 9.17) is 18.6 Å². The number of aromatic nitrogens is 1. The van der Waals surface area contributed by atoms with Gasteiger partial charge in [0, 0.05) is 28.2 Å². The van der Waals surface area contributed by atoms with Gasteiger partial charge < -0.3 is 23.2 Å². The first-order valence-corrected chi connectivity index (χ1v) is 11.4. The number of nitrogens with zero attached hydrogens (tertiary/aromatic N) is 2. The van der Waals surface area contributed by atoms with Gasteiger partial charge in [0.2, 0.25) is 0 Å². The van der Waals surface area contributed by atoms with Gasteiger partial charge >= 0.3 is 5.91 Å². The summed E-state index contributed by atoms with van der Waals surface area (Å²) >= 11 is 0. The van der Waals surface area contributed by atoms with Crippen molar-refractivity contribution >= 4 is 12.1 Å². The molecule has 4 rings (SSSR count). The van der Waals surface area contributed by atoms with Gasteiger partial charge in [0.05, 0.1) is 20.4 Å². The number of ether oxygens (including phenoxy) is 3. The third-order valence-electron chi connectivity index (χ3n) is 5.81. The van der Waals surface area contributed by atoms with Crippen molar-refractivity contribution in [2.45, 2.75) is 27.4 Å². The molecule has 2 aromatic heterocycles. The molecular weight excluding hydrogens is 458 g/mol. The number of nitrogens with one attached hydrogen (secondary N) is 1. The molecule has 0 saturated heterocycles. The van der Waals surface area contributed by atoms with Gasteiger partial charge in [0.25, 0.3) is 0 Å². The third kappa shape index (κ3) is 5.27. The largest absolute Gasteiger partial charge is 0.496 e. The molecule has 0 bridgehead atoms. The summed E-state index contributed by atoms with van der Waals surface area (Å²) in [7, 11) is 3.17. The lowest BCUT2D eigenvalue weighted by Crippen LogP contribution is -2.17. The van der Waals surface area contributed by atoms with Crippen LogP contribution in [0.3, 0.4) is 0 Å². The van der Waals surface area contributed by atoms with Crippen LogP contribution in [-0.4, -0.2) is 30.9 Å². The van der Waals surface area contributed by atoms with Crippen LogP contribution in [0.2, 0.25) is 0 Å². The van der Waals surface area contributed by atoms with Crippen LogP contribution < -0.4 is 19.6 Å². The summed E-state index contributed by atoms with van der Waals surface area (Å²) < 4.78 is 24.4.